The van der Waals surface area contributed by atoms with Crippen LogP contribution in [0.2, 0.25) is 10.0 Å². The molecule has 0 aliphatic heterocycles. The Morgan fingerprint density at radius 2 is 1.61 bits per heavy atom. The van der Waals surface area contributed by atoms with Crippen LogP contribution in [0.4, 0.5) is 0 Å². The van der Waals surface area contributed by atoms with E-state index in [1.54, 1.807) is 21.6 Å². The second-order valence-electron chi connectivity index (χ2n) is 6.68. The van der Waals surface area contributed by atoms with Crippen LogP contribution in [-0.2, 0) is 13.2 Å². The van der Waals surface area contributed by atoms with Crippen LogP contribution in [0.25, 0.3) is 0 Å². The van der Waals surface area contributed by atoms with Crippen LogP contribution in [0.15, 0.2) is 12.3 Å². The van der Waals surface area contributed by atoms with E-state index in [2.05, 4.69) is 20.6 Å². The summed E-state index contributed by atoms with van der Waals surface area (Å²) in [6, 6.07) is 1.68. The fourth-order valence-electron chi connectivity index (χ4n) is 2.93. The van der Waals surface area contributed by atoms with Crippen molar-refractivity contribution < 1.29 is 4.79 Å². The van der Waals surface area contributed by atoms with Crippen LogP contribution in [-0.4, -0.2) is 41.8 Å². The van der Waals surface area contributed by atoms with Gasteiger partial charge in [-0.15, -0.1) is 0 Å². The summed E-state index contributed by atoms with van der Waals surface area (Å²) in [4.78, 5) is 12.3. The smallest absolute Gasteiger partial charge is 0.271 e. The maximum absolute atomic E-state index is 12.3. The Kier molecular flexibility index (Phi) is 6.10. The highest BCUT2D eigenvalue weighted by Crippen LogP contribution is 2.19. The molecule has 0 spiro atoms. The molecule has 3 rings (SSSR count). The van der Waals surface area contributed by atoms with Crippen LogP contribution in [0, 0.1) is 27.7 Å². The summed E-state index contributed by atoms with van der Waals surface area (Å²) in [7, 11) is 0. The van der Waals surface area contributed by atoms with Crippen molar-refractivity contribution in [3.8, 4) is 0 Å². The molecule has 0 radical (unpaired) electrons. The summed E-state index contributed by atoms with van der Waals surface area (Å²) in [5.74, 6) is -0.212. The average Bonchev–Trinajstić information content (AvgIpc) is 3.30. The largest absolute Gasteiger partial charge is 0.351 e. The van der Waals surface area contributed by atoms with Crippen LogP contribution in [0.5, 0.6) is 0 Å². The molecule has 0 aliphatic carbocycles. The summed E-state index contributed by atoms with van der Waals surface area (Å²) in [5, 5.41) is 17.3. The molecule has 0 atom stereocenters. The molecule has 0 saturated heterocycles. The number of aryl methyl sites for hydroxylation is 3. The van der Waals surface area contributed by atoms with E-state index in [1.807, 2.05) is 32.4 Å². The van der Waals surface area contributed by atoms with Crippen molar-refractivity contribution in [1.29, 1.82) is 0 Å². The number of halogens is 2. The van der Waals surface area contributed by atoms with E-state index in [0.29, 0.717) is 35.5 Å². The Morgan fingerprint density at radius 1 is 1.00 bits per heavy atom. The van der Waals surface area contributed by atoms with E-state index in [9.17, 15) is 4.79 Å². The Hall–Kier alpha value is -2.32. The first kappa shape index (κ1) is 20.4. The zero-order chi connectivity index (χ0) is 20.4. The highest BCUT2D eigenvalue weighted by molar-refractivity contribution is 6.32. The molecule has 1 amide bonds. The van der Waals surface area contributed by atoms with Gasteiger partial charge in [0.2, 0.25) is 0 Å². The molecule has 0 bridgehead atoms. The summed E-state index contributed by atoms with van der Waals surface area (Å²) in [6.45, 7) is 9.17. The number of carbonyl (C=O) groups excluding carboxylic acids is 1. The number of amides is 1. The number of carbonyl (C=O) groups is 1. The number of nitrogens with one attached hydrogen (secondary N) is 1. The van der Waals surface area contributed by atoms with E-state index < -0.39 is 0 Å². The molecule has 0 saturated carbocycles. The minimum absolute atomic E-state index is 0.212. The van der Waals surface area contributed by atoms with Crippen LogP contribution >= 0.6 is 23.2 Å². The van der Waals surface area contributed by atoms with Gasteiger partial charge in [0.1, 0.15) is 12.4 Å². The molecule has 1 N–H and O–H groups in total. The Morgan fingerprint density at radius 3 is 2.18 bits per heavy atom. The molecular formula is C18H23Cl2N7O. The van der Waals surface area contributed by atoms with E-state index in [1.165, 1.54) is 0 Å². The lowest BCUT2D eigenvalue weighted by atomic mass is 10.3. The summed E-state index contributed by atoms with van der Waals surface area (Å²) < 4.78 is 5.27. The third-order valence-corrected chi connectivity index (χ3v) is 5.66. The van der Waals surface area contributed by atoms with Gasteiger partial charge < -0.3 is 5.32 Å². The van der Waals surface area contributed by atoms with Gasteiger partial charge in [-0.3, -0.25) is 14.2 Å². The molecule has 0 unspecified atom stereocenters. The van der Waals surface area contributed by atoms with E-state index >= 15 is 0 Å². The minimum atomic E-state index is -0.212. The van der Waals surface area contributed by atoms with Crippen molar-refractivity contribution in [2.75, 3.05) is 6.54 Å². The van der Waals surface area contributed by atoms with Crippen LogP contribution < -0.4 is 5.32 Å². The molecular weight excluding hydrogens is 401 g/mol. The molecule has 150 valence electrons. The highest BCUT2D eigenvalue weighted by Gasteiger charge is 2.13. The van der Waals surface area contributed by atoms with Gasteiger partial charge in [-0.05, 0) is 40.2 Å². The molecule has 0 fully saturated rings. The van der Waals surface area contributed by atoms with Crippen LogP contribution in [0.1, 0.15) is 39.7 Å². The van der Waals surface area contributed by atoms with Gasteiger partial charge >= 0.3 is 0 Å². The lowest BCUT2D eigenvalue weighted by Crippen LogP contribution is -2.26. The average molecular weight is 424 g/mol. The standard InChI is InChI=1S/C18H23Cl2N7O/c1-11-16(19)13(3)26(22-11)8-5-7-21-18(28)15-6-9-25(24-15)10-27-14(4)17(20)12(2)23-27/h6,9H,5,7-8,10H2,1-4H3,(H,21,28). The quantitative estimate of drug-likeness (QED) is 0.591. The maximum atomic E-state index is 12.3. The Balaban J connectivity index is 1.51. The minimum Gasteiger partial charge on any atom is -0.351 e. The molecule has 8 nitrogen and oxygen atoms in total. The third-order valence-electron chi connectivity index (χ3n) is 4.57. The van der Waals surface area contributed by atoms with Crippen molar-refractivity contribution in [3.63, 3.8) is 0 Å². The first-order chi connectivity index (χ1) is 13.3. The van der Waals surface area contributed by atoms with Crippen molar-refractivity contribution in [2.45, 2.75) is 47.3 Å². The number of aromatic nitrogens is 6. The van der Waals surface area contributed by atoms with E-state index in [4.69, 9.17) is 23.2 Å². The lowest BCUT2D eigenvalue weighted by Gasteiger charge is -2.06. The predicted molar refractivity (Wildman–Crippen MR) is 108 cm³/mol. The first-order valence-electron chi connectivity index (χ1n) is 8.98. The summed E-state index contributed by atoms with van der Waals surface area (Å²) >= 11 is 12.3. The van der Waals surface area contributed by atoms with Crippen molar-refractivity contribution in [1.82, 2.24) is 34.7 Å². The van der Waals surface area contributed by atoms with Gasteiger partial charge in [0.25, 0.3) is 5.91 Å². The van der Waals surface area contributed by atoms with Crippen molar-refractivity contribution in [3.05, 3.63) is 50.8 Å². The fourth-order valence-corrected chi connectivity index (χ4v) is 3.20. The molecule has 0 aromatic carbocycles. The highest BCUT2D eigenvalue weighted by atomic mass is 35.5. The fraction of sp³-hybridized carbons (Fsp3) is 0.444. The Bertz CT molecular complexity index is 1000. The zero-order valence-corrected chi connectivity index (χ0v) is 17.8. The molecule has 10 heteroatoms. The monoisotopic (exact) mass is 423 g/mol. The van der Waals surface area contributed by atoms with Crippen LogP contribution in [0.3, 0.4) is 0 Å². The van der Waals surface area contributed by atoms with Crippen molar-refractivity contribution >= 4 is 29.1 Å². The number of nitrogens with zero attached hydrogens (tertiary/aromatic N) is 6. The summed E-state index contributed by atoms with van der Waals surface area (Å²) in [5.41, 5.74) is 3.76. The van der Waals surface area contributed by atoms with E-state index in [0.717, 1.165) is 29.2 Å². The first-order valence-corrected chi connectivity index (χ1v) is 9.74. The maximum Gasteiger partial charge on any atom is 0.271 e. The molecule has 0 aliphatic rings. The lowest BCUT2D eigenvalue weighted by molar-refractivity contribution is 0.0946. The van der Waals surface area contributed by atoms with Gasteiger partial charge in [0.05, 0.1) is 32.8 Å². The van der Waals surface area contributed by atoms with Gasteiger partial charge in [0, 0.05) is 19.3 Å². The number of hydrogen-bond acceptors (Lipinski definition) is 4. The second kappa shape index (κ2) is 8.36. The molecule has 3 aromatic rings. The third kappa shape index (κ3) is 4.23. The number of rotatable bonds is 7. The van der Waals surface area contributed by atoms with Gasteiger partial charge in [0.15, 0.2) is 0 Å². The van der Waals surface area contributed by atoms with E-state index in [-0.39, 0.29) is 5.91 Å². The van der Waals surface area contributed by atoms with Gasteiger partial charge in [-0.1, -0.05) is 23.2 Å². The van der Waals surface area contributed by atoms with Gasteiger partial charge in [-0.25, -0.2) is 4.68 Å². The summed E-state index contributed by atoms with van der Waals surface area (Å²) in [6.07, 6.45) is 2.49. The second-order valence-corrected chi connectivity index (χ2v) is 7.44. The topological polar surface area (TPSA) is 82.6 Å². The number of hydrogen-bond donors (Lipinski definition) is 1. The zero-order valence-electron chi connectivity index (χ0n) is 16.3. The predicted octanol–water partition coefficient (Wildman–Crippen LogP) is 3.14. The molecule has 28 heavy (non-hydrogen) atoms. The molecule has 3 heterocycles. The van der Waals surface area contributed by atoms with Gasteiger partial charge in [-0.2, -0.15) is 15.3 Å². The SMILES string of the molecule is Cc1nn(CCCNC(=O)c2ccn(Cn3nc(C)c(Cl)c3C)n2)c(C)c1Cl. The Labute approximate surface area is 173 Å². The molecule has 3 aromatic heterocycles. The normalized spacial score (nSPS) is 11.2. The van der Waals surface area contributed by atoms with Crippen molar-refractivity contribution in [2.24, 2.45) is 0 Å².